The molecule has 0 bridgehead atoms. The van der Waals surface area contributed by atoms with E-state index in [-0.39, 0.29) is 46.8 Å². The van der Waals surface area contributed by atoms with Crippen LogP contribution in [0, 0.1) is 5.92 Å². The van der Waals surface area contributed by atoms with Crippen molar-refractivity contribution in [3.8, 4) is 0 Å². The van der Waals surface area contributed by atoms with E-state index >= 15 is 0 Å². The van der Waals surface area contributed by atoms with E-state index in [1.165, 1.54) is 6.92 Å². The van der Waals surface area contributed by atoms with E-state index < -0.39 is 17.7 Å². The molecule has 1 aliphatic rings. The molecule has 0 aromatic carbocycles. The second kappa shape index (κ2) is 4.96. The first-order chi connectivity index (χ1) is 5.95. The normalized spacial score (nSPS) is 20.9. The van der Waals surface area contributed by atoms with Crippen LogP contribution in [0.4, 0.5) is 0 Å². The van der Waals surface area contributed by atoms with Gasteiger partial charge in [0, 0.05) is 6.04 Å². The van der Waals surface area contributed by atoms with Crippen molar-refractivity contribution in [2.24, 2.45) is 5.92 Å². The second-order valence-electron chi connectivity index (χ2n) is 3.49. The Morgan fingerprint density at radius 3 is 2.21 bits per heavy atom. The molecule has 1 N–H and O–H groups in total. The topological polar surface area (TPSA) is 69.2 Å². The van der Waals surface area contributed by atoms with Gasteiger partial charge in [0.15, 0.2) is 5.78 Å². The van der Waals surface area contributed by atoms with E-state index in [1.54, 1.807) is 0 Å². The summed E-state index contributed by atoms with van der Waals surface area (Å²) in [4.78, 5) is 22.1. The molecule has 1 rings (SSSR count). The zero-order valence-corrected chi connectivity index (χ0v) is 10.9. The summed E-state index contributed by atoms with van der Waals surface area (Å²) >= 11 is 0. The van der Waals surface area contributed by atoms with Crippen LogP contribution in [0.1, 0.15) is 20.8 Å². The van der Waals surface area contributed by atoms with Crippen molar-refractivity contribution >= 4 is 11.7 Å². The predicted octanol–water partition coefficient (Wildman–Crippen LogP) is -3.65. The third kappa shape index (κ3) is 2.38. The van der Waals surface area contributed by atoms with E-state index in [0.29, 0.717) is 0 Å². The summed E-state index contributed by atoms with van der Waals surface area (Å²) in [5, 5.41) is 13.9. The van der Waals surface area contributed by atoms with Crippen LogP contribution in [0.2, 0.25) is 0 Å². The molecule has 1 aliphatic heterocycles. The number of carbonyl (C=O) groups is 2. The molecule has 0 radical (unpaired) electrons. The van der Waals surface area contributed by atoms with Gasteiger partial charge in [0.25, 0.3) is 5.91 Å². The van der Waals surface area contributed by atoms with Gasteiger partial charge in [-0.05, 0) is 12.8 Å². The van der Waals surface area contributed by atoms with Gasteiger partial charge in [-0.2, -0.15) is 0 Å². The Balaban J connectivity index is 0.00000169. The van der Waals surface area contributed by atoms with Gasteiger partial charge in [0.2, 0.25) is 0 Å². The minimum absolute atomic E-state index is 0. The maximum absolute atomic E-state index is 11.5. The zero-order valence-electron chi connectivity index (χ0n) is 8.88. The molecule has 0 aliphatic carbocycles. The first kappa shape index (κ1) is 13.7. The summed E-state index contributed by atoms with van der Waals surface area (Å²) in [7, 11) is 0. The monoisotopic (exact) mass is 205 g/mol. The Morgan fingerprint density at radius 1 is 1.50 bits per heavy atom. The predicted molar refractivity (Wildman–Crippen MR) is 44.5 cm³/mol. The number of nitrogens with one attached hydrogen (secondary N) is 1. The molecule has 0 aromatic heterocycles. The van der Waals surface area contributed by atoms with Crippen LogP contribution in [-0.2, 0) is 9.59 Å². The molecule has 0 spiro atoms. The van der Waals surface area contributed by atoms with Crippen LogP contribution in [0.5, 0.6) is 0 Å². The number of hydrogen-bond acceptors (Lipinski definition) is 3. The first-order valence-corrected chi connectivity index (χ1v) is 4.18. The van der Waals surface area contributed by atoms with Gasteiger partial charge in [0.1, 0.15) is 0 Å². The molecule has 0 fully saturated rings. The summed E-state index contributed by atoms with van der Waals surface area (Å²) in [6.07, 6.45) is 0. The zero-order chi connectivity index (χ0) is 10.2. The SMILES string of the molecule is CC(=O)C1=C([O-])C(C(C)C)NC1=O.[Na+]. The van der Waals surface area contributed by atoms with E-state index in [4.69, 9.17) is 0 Å². The molecule has 0 saturated heterocycles. The van der Waals surface area contributed by atoms with Crippen LogP contribution in [0.3, 0.4) is 0 Å². The molecule has 0 saturated carbocycles. The minimum Gasteiger partial charge on any atom is -0.873 e. The van der Waals surface area contributed by atoms with Crippen LogP contribution in [0.15, 0.2) is 11.3 Å². The summed E-state index contributed by atoms with van der Waals surface area (Å²) in [5.41, 5.74) is -0.210. The van der Waals surface area contributed by atoms with Gasteiger partial charge in [-0.25, -0.2) is 0 Å². The molecule has 5 heteroatoms. The van der Waals surface area contributed by atoms with Crippen molar-refractivity contribution in [3.05, 3.63) is 11.3 Å². The smallest absolute Gasteiger partial charge is 0.873 e. The third-order valence-corrected chi connectivity index (χ3v) is 2.06. The molecule has 14 heavy (non-hydrogen) atoms. The Hall–Kier alpha value is -0.320. The number of hydrogen-bond donors (Lipinski definition) is 1. The Kier molecular flexibility index (Phi) is 4.84. The quantitative estimate of drug-likeness (QED) is 0.373. The number of Topliss-reactive ketones (excluding diaryl/α,β-unsaturated/α-hetero) is 1. The molecule has 0 aromatic rings. The number of amides is 1. The van der Waals surface area contributed by atoms with E-state index in [9.17, 15) is 14.7 Å². The fraction of sp³-hybridized carbons (Fsp3) is 0.556. The molecule has 72 valence electrons. The van der Waals surface area contributed by atoms with Gasteiger partial charge in [-0.1, -0.05) is 19.6 Å². The van der Waals surface area contributed by atoms with Gasteiger partial charge >= 0.3 is 29.6 Å². The van der Waals surface area contributed by atoms with Gasteiger partial charge in [0.05, 0.1) is 5.57 Å². The molecule has 1 atom stereocenters. The summed E-state index contributed by atoms with van der Waals surface area (Å²) in [5.74, 6) is -1.33. The van der Waals surface area contributed by atoms with Crippen molar-refractivity contribution in [1.82, 2.24) is 5.32 Å². The van der Waals surface area contributed by atoms with Crippen LogP contribution < -0.4 is 40.0 Å². The van der Waals surface area contributed by atoms with Gasteiger partial charge < -0.3 is 10.4 Å². The van der Waals surface area contributed by atoms with Crippen LogP contribution >= 0.6 is 0 Å². The Morgan fingerprint density at radius 2 is 2.00 bits per heavy atom. The maximum Gasteiger partial charge on any atom is 1.00 e. The van der Waals surface area contributed by atoms with E-state index in [1.807, 2.05) is 13.8 Å². The average Bonchev–Trinajstić information content (AvgIpc) is 2.26. The fourth-order valence-corrected chi connectivity index (χ4v) is 1.35. The largest absolute Gasteiger partial charge is 1.00 e. The Labute approximate surface area is 105 Å². The number of rotatable bonds is 2. The van der Waals surface area contributed by atoms with Crippen LogP contribution in [-0.4, -0.2) is 17.7 Å². The summed E-state index contributed by atoms with van der Waals surface area (Å²) in [6, 6.07) is -0.522. The standard InChI is InChI=1S/C9H13NO3.Na/c1-4(2)7-8(12)6(5(3)11)9(13)10-7;/h4,7,12H,1-3H3,(H,10,13);/q;+1/p-1. The van der Waals surface area contributed by atoms with Gasteiger partial charge in [-0.3, -0.25) is 9.59 Å². The van der Waals surface area contributed by atoms with Crippen molar-refractivity contribution in [2.75, 3.05) is 0 Å². The molecular formula is C9H12NNaO3. The minimum atomic E-state index is -0.531. The molecule has 1 unspecified atom stereocenters. The van der Waals surface area contributed by atoms with Crippen molar-refractivity contribution < 1.29 is 44.3 Å². The van der Waals surface area contributed by atoms with Crippen molar-refractivity contribution in [3.63, 3.8) is 0 Å². The van der Waals surface area contributed by atoms with E-state index in [0.717, 1.165) is 0 Å². The third-order valence-electron chi connectivity index (χ3n) is 2.06. The first-order valence-electron chi connectivity index (χ1n) is 4.18. The summed E-state index contributed by atoms with van der Waals surface area (Å²) in [6.45, 7) is 4.88. The molecular weight excluding hydrogens is 193 g/mol. The average molecular weight is 205 g/mol. The Bertz CT molecular complexity index is 296. The molecule has 1 amide bonds. The van der Waals surface area contributed by atoms with Crippen LogP contribution in [0.25, 0.3) is 0 Å². The van der Waals surface area contributed by atoms with E-state index in [2.05, 4.69) is 5.32 Å². The van der Waals surface area contributed by atoms with Crippen molar-refractivity contribution in [1.29, 1.82) is 0 Å². The maximum atomic E-state index is 11.5. The van der Waals surface area contributed by atoms with Crippen molar-refractivity contribution in [2.45, 2.75) is 26.8 Å². The molecule has 4 nitrogen and oxygen atoms in total. The van der Waals surface area contributed by atoms with Gasteiger partial charge in [-0.15, -0.1) is 0 Å². The second-order valence-corrected chi connectivity index (χ2v) is 3.49. The summed E-state index contributed by atoms with van der Waals surface area (Å²) < 4.78 is 0. The fourth-order valence-electron chi connectivity index (χ4n) is 1.35. The molecule has 1 heterocycles. The number of ketones is 1. The number of carbonyl (C=O) groups excluding carboxylic acids is 2.